The van der Waals surface area contributed by atoms with Gasteiger partial charge in [0.1, 0.15) is 0 Å². The van der Waals surface area contributed by atoms with Crippen molar-refractivity contribution in [2.75, 3.05) is 26.2 Å². The average molecular weight is 270 g/mol. The highest BCUT2D eigenvalue weighted by Crippen LogP contribution is 2.30. The second kappa shape index (κ2) is 6.41. The molecule has 1 aromatic carbocycles. The number of nitrogens with two attached hydrogens (primary N) is 1. The zero-order valence-electron chi connectivity index (χ0n) is 11.1. The summed E-state index contributed by atoms with van der Waals surface area (Å²) in [7, 11) is 0. The fourth-order valence-electron chi connectivity index (χ4n) is 2.64. The van der Waals surface area contributed by atoms with Crippen molar-refractivity contribution < 1.29 is 13.5 Å². The summed E-state index contributed by atoms with van der Waals surface area (Å²) >= 11 is 0. The van der Waals surface area contributed by atoms with Crippen LogP contribution < -0.4 is 5.73 Å². The smallest absolute Gasteiger partial charge is 0.159 e. The molecule has 0 aliphatic carbocycles. The predicted octanol–water partition coefficient (Wildman–Crippen LogP) is 2.08. The Bertz CT molecular complexity index is 426. The molecule has 5 heteroatoms. The fraction of sp³-hybridized carbons (Fsp3) is 0.571. The van der Waals surface area contributed by atoms with Crippen LogP contribution in [0.3, 0.4) is 0 Å². The van der Waals surface area contributed by atoms with E-state index in [4.69, 9.17) is 10.5 Å². The summed E-state index contributed by atoms with van der Waals surface area (Å²) in [4.78, 5) is 2.23. The normalized spacial score (nSPS) is 24.6. The molecule has 2 rings (SSSR count). The van der Waals surface area contributed by atoms with Crippen LogP contribution in [-0.2, 0) is 4.74 Å². The van der Waals surface area contributed by atoms with E-state index in [1.54, 1.807) is 6.07 Å². The van der Waals surface area contributed by atoms with E-state index in [9.17, 15) is 8.78 Å². The van der Waals surface area contributed by atoms with Gasteiger partial charge in [0.05, 0.1) is 18.8 Å². The molecule has 1 aliphatic rings. The minimum atomic E-state index is -0.827. The highest BCUT2D eigenvalue weighted by Gasteiger charge is 2.32. The average Bonchev–Trinajstić information content (AvgIpc) is 2.42. The molecule has 0 spiro atoms. The number of halogens is 2. The number of benzene rings is 1. The van der Waals surface area contributed by atoms with Crippen molar-refractivity contribution in [3.63, 3.8) is 0 Å². The van der Waals surface area contributed by atoms with Crippen molar-refractivity contribution in [3.8, 4) is 0 Å². The molecule has 1 saturated heterocycles. The first kappa shape index (κ1) is 14.4. The number of nitrogens with zero attached hydrogens (tertiary/aromatic N) is 1. The molecule has 1 heterocycles. The van der Waals surface area contributed by atoms with Gasteiger partial charge in [0.25, 0.3) is 0 Å². The van der Waals surface area contributed by atoms with E-state index >= 15 is 0 Å². The quantitative estimate of drug-likeness (QED) is 0.910. The molecule has 0 saturated carbocycles. The molecule has 0 bridgehead atoms. The van der Waals surface area contributed by atoms with Gasteiger partial charge in [-0.25, -0.2) is 8.78 Å². The van der Waals surface area contributed by atoms with Gasteiger partial charge in [-0.05, 0) is 30.7 Å². The molecule has 1 fully saturated rings. The third kappa shape index (κ3) is 3.11. The van der Waals surface area contributed by atoms with Crippen LogP contribution in [0, 0.1) is 11.6 Å². The fourth-order valence-corrected chi connectivity index (χ4v) is 2.64. The summed E-state index contributed by atoms with van der Waals surface area (Å²) in [5.74, 6) is -1.65. The van der Waals surface area contributed by atoms with Gasteiger partial charge in [0.15, 0.2) is 11.6 Å². The van der Waals surface area contributed by atoms with Gasteiger partial charge in [-0.15, -0.1) is 0 Å². The van der Waals surface area contributed by atoms with Crippen LogP contribution in [0.15, 0.2) is 18.2 Å². The molecular formula is C14H20F2N2O. The number of rotatable bonds is 4. The SMILES string of the molecule is CCCN1CCOC(CN)C1c1ccc(F)c(F)c1. The number of ether oxygens (including phenoxy) is 1. The maximum absolute atomic E-state index is 13.4. The largest absolute Gasteiger partial charge is 0.374 e. The number of hydrogen-bond donors (Lipinski definition) is 1. The number of hydrogen-bond acceptors (Lipinski definition) is 3. The lowest BCUT2D eigenvalue weighted by atomic mass is 9.97. The summed E-state index contributed by atoms with van der Waals surface area (Å²) in [6, 6.07) is 3.92. The van der Waals surface area contributed by atoms with E-state index in [-0.39, 0.29) is 12.1 Å². The molecule has 0 radical (unpaired) electrons. The predicted molar refractivity (Wildman–Crippen MR) is 69.8 cm³/mol. The van der Waals surface area contributed by atoms with E-state index in [2.05, 4.69) is 11.8 Å². The molecule has 106 valence electrons. The molecule has 1 aromatic rings. The summed E-state index contributed by atoms with van der Waals surface area (Å²) in [5, 5.41) is 0. The maximum atomic E-state index is 13.4. The first-order valence-electron chi connectivity index (χ1n) is 6.68. The van der Waals surface area contributed by atoms with E-state index in [0.717, 1.165) is 31.1 Å². The van der Waals surface area contributed by atoms with E-state index in [0.29, 0.717) is 13.2 Å². The third-order valence-corrected chi connectivity index (χ3v) is 3.48. The summed E-state index contributed by atoms with van der Waals surface area (Å²) < 4.78 is 32.1. The standard InChI is InChI=1S/C14H20F2N2O/c1-2-5-18-6-7-19-13(9-17)14(18)10-3-4-11(15)12(16)8-10/h3-4,8,13-14H,2,5-7,9,17H2,1H3. The van der Waals surface area contributed by atoms with Crippen molar-refractivity contribution in [3.05, 3.63) is 35.4 Å². The lowest BCUT2D eigenvalue weighted by molar-refractivity contribution is -0.0677. The van der Waals surface area contributed by atoms with Crippen LogP contribution >= 0.6 is 0 Å². The summed E-state index contributed by atoms with van der Waals surface area (Å²) in [5.41, 5.74) is 6.46. The van der Waals surface area contributed by atoms with Gasteiger partial charge in [0, 0.05) is 13.1 Å². The van der Waals surface area contributed by atoms with E-state index in [1.165, 1.54) is 6.07 Å². The molecule has 19 heavy (non-hydrogen) atoms. The van der Waals surface area contributed by atoms with Crippen LogP contribution in [0.1, 0.15) is 24.9 Å². The molecule has 0 aromatic heterocycles. The van der Waals surface area contributed by atoms with E-state index in [1.807, 2.05) is 0 Å². The zero-order chi connectivity index (χ0) is 13.8. The molecule has 2 atom stereocenters. The van der Waals surface area contributed by atoms with Gasteiger partial charge < -0.3 is 10.5 Å². The van der Waals surface area contributed by atoms with Crippen molar-refractivity contribution >= 4 is 0 Å². The molecule has 2 unspecified atom stereocenters. The van der Waals surface area contributed by atoms with Crippen LogP contribution in [0.2, 0.25) is 0 Å². The zero-order valence-corrected chi connectivity index (χ0v) is 11.1. The van der Waals surface area contributed by atoms with Gasteiger partial charge in [-0.2, -0.15) is 0 Å². The van der Waals surface area contributed by atoms with Gasteiger partial charge in [-0.3, -0.25) is 4.90 Å². The molecule has 1 aliphatic heterocycles. The summed E-state index contributed by atoms with van der Waals surface area (Å²) in [6.07, 6.45) is 0.822. The van der Waals surface area contributed by atoms with E-state index < -0.39 is 11.6 Å². The van der Waals surface area contributed by atoms with Gasteiger partial charge in [-0.1, -0.05) is 13.0 Å². The van der Waals surface area contributed by atoms with Crippen molar-refractivity contribution in [2.24, 2.45) is 5.73 Å². The Labute approximate surface area is 112 Å². The Morgan fingerprint density at radius 3 is 2.79 bits per heavy atom. The first-order chi connectivity index (χ1) is 9.17. The van der Waals surface area contributed by atoms with Gasteiger partial charge >= 0.3 is 0 Å². The molecule has 3 nitrogen and oxygen atoms in total. The Morgan fingerprint density at radius 1 is 1.37 bits per heavy atom. The molecule has 2 N–H and O–H groups in total. The molecule has 0 amide bonds. The van der Waals surface area contributed by atoms with Crippen LogP contribution in [0.5, 0.6) is 0 Å². The van der Waals surface area contributed by atoms with Crippen molar-refractivity contribution in [1.82, 2.24) is 4.90 Å². The Morgan fingerprint density at radius 2 is 2.16 bits per heavy atom. The number of morpholine rings is 1. The monoisotopic (exact) mass is 270 g/mol. The first-order valence-corrected chi connectivity index (χ1v) is 6.68. The Balaban J connectivity index is 2.30. The topological polar surface area (TPSA) is 38.5 Å². The minimum absolute atomic E-state index is 0.103. The highest BCUT2D eigenvalue weighted by molar-refractivity contribution is 5.23. The second-order valence-electron chi connectivity index (χ2n) is 4.80. The van der Waals surface area contributed by atoms with Crippen LogP contribution in [0.25, 0.3) is 0 Å². The second-order valence-corrected chi connectivity index (χ2v) is 4.80. The summed E-state index contributed by atoms with van der Waals surface area (Å²) in [6.45, 7) is 4.76. The minimum Gasteiger partial charge on any atom is -0.374 e. The highest BCUT2D eigenvalue weighted by atomic mass is 19.2. The lowest BCUT2D eigenvalue weighted by Gasteiger charge is -2.41. The van der Waals surface area contributed by atoms with Crippen molar-refractivity contribution in [1.29, 1.82) is 0 Å². The molecular weight excluding hydrogens is 250 g/mol. The maximum Gasteiger partial charge on any atom is 0.159 e. The van der Waals surface area contributed by atoms with Crippen LogP contribution in [0.4, 0.5) is 8.78 Å². The Kier molecular flexibility index (Phi) is 4.85. The Hall–Kier alpha value is -1.04. The van der Waals surface area contributed by atoms with Crippen LogP contribution in [-0.4, -0.2) is 37.2 Å². The third-order valence-electron chi connectivity index (χ3n) is 3.48. The van der Waals surface area contributed by atoms with Gasteiger partial charge in [0.2, 0.25) is 0 Å². The lowest BCUT2D eigenvalue weighted by Crippen LogP contribution is -2.48. The van der Waals surface area contributed by atoms with Crippen molar-refractivity contribution in [2.45, 2.75) is 25.5 Å².